The molecule has 1 rings (SSSR count). The number of piperidine rings is 1. The monoisotopic (exact) mass is 261 g/mol. The van der Waals surface area contributed by atoms with E-state index in [-0.39, 0.29) is 0 Å². The van der Waals surface area contributed by atoms with Gasteiger partial charge in [0.2, 0.25) is 0 Å². The lowest BCUT2D eigenvalue weighted by atomic mass is 10.0. The average molecular weight is 262 g/mol. The third-order valence-electron chi connectivity index (χ3n) is 3.56. The van der Waals surface area contributed by atoms with Gasteiger partial charge in [-0.2, -0.15) is 0 Å². The molecule has 0 aromatic carbocycles. The summed E-state index contributed by atoms with van der Waals surface area (Å²) in [6.07, 6.45) is 6.56. The van der Waals surface area contributed by atoms with Gasteiger partial charge in [0.1, 0.15) is 0 Å². The summed E-state index contributed by atoms with van der Waals surface area (Å²) in [6, 6.07) is 0. The van der Waals surface area contributed by atoms with Crippen molar-refractivity contribution in [2.75, 3.05) is 32.1 Å². The molecule has 3 heteroatoms. The normalized spacial score (nSPS) is 23.8. The van der Waals surface area contributed by atoms with Crippen LogP contribution in [0.15, 0.2) is 0 Å². The van der Waals surface area contributed by atoms with Crippen molar-refractivity contribution in [2.24, 2.45) is 5.92 Å². The minimum atomic E-state index is 0.479. The molecule has 1 saturated heterocycles. The van der Waals surface area contributed by atoms with Gasteiger partial charge in [0.05, 0.1) is 6.10 Å². The molecule has 2 unspecified atom stereocenters. The van der Waals surface area contributed by atoms with E-state index in [0.717, 1.165) is 37.8 Å². The first-order chi connectivity index (χ1) is 8.26. The second-order valence-corrected chi connectivity index (χ2v) is 5.69. The highest BCUT2D eigenvalue weighted by atomic mass is 35.5. The Hall–Kier alpha value is 0.210. The molecule has 0 spiro atoms. The molecule has 1 aliphatic heterocycles. The van der Waals surface area contributed by atoms with Crippen LogP contribution in [-0.2, 0) is 4.74 Å². The smallest absolute Gasteiger partial charge is 0.0702 e. The average Bonchev–Trinajstić information content (AvgIpc) is 2.35. The highest BCUT2D eigenvalue weighted by Crippen LogP contribution is 2.16. The fourth-order valence-corrected chi connectivity index (χ4v) is 2.74. The number of alkyl halides is 1. The molecule has 0 bridgehead atoms. The summed E-state index contributed by atoms with van der Waals surface area (Å²) in [6.45, 7) is 8.99. The van der Waals surface area contributed by atoms with E-state index < -0.39 is 0 Å². The second-order valence-electron chi connectivity index (χ2n) is 5.31. The Kier molecular flexibility index (Phi) is 8.25. The maximum Gasteiger partial charge on any atom is 0.0702 e. The first kappa shape index (κ1) is 15.3. The zero-order valence-electron chi connectivity index (χ0n) is 11.5. The first-order valence-electron chi connectivity index (χ1n) is 7.16. The molecular weight excluding hydrogens is 234 g/mol. The first-order valence-corrected chi connectivity index (χ1v) is 7.69. The Labute approximate surface area is 112 Å². The molecule has 1 heterocycles. The number of halogens is 1. The van der Waals surface area contributed by atoms with E-state index in [2.05, 4.69) is 18.7 Å². The van der Waals surface area contributed by atoms with Gasteiger partial charge in [-0.05, 0) is 51.1 Å². The van der Waals surface area contributed by atoms with Crippen LogP contribution in [0.25, 0.3) is 0 Å². The minimum Gasteiger partial charge on any atom is -0.377 e. The number of rotatable bonds is 8. The van der Waals surface area contributed by atoms with Gasteiger partial charge < -0.3 is 9.64 Å². The molecule has 2 atom stereocenters. The summed E-state index contributed by atoms with van der Waals surface area (Å²) in [5.41, 5.74) is 0. The third kappa shape index (κ3) is 6.64. The Morgan fingerprint density at radius 3 is 2.94 bits per heavy atom. The van der Waals surface area contributed by atoms with Gasteiger partial charge in [0.15, 0.2) is 0 Å². The standard InChI is InChI=1S/C14H28ClNO/c1-3-11-17-14-5-4-9-16(12-14)10-7-13(2)6-8-15/h13-14H,3-12H2,1-2H3. The van der Waals surface area contributed by atoms with Gasteiger partial charge in [-0.25, -0.2) is 0 Å². The highest BCUT2D eigenvalue weighted by molar-refractivity contribution is 6.17. The zero-order valence-corrected chi connectivity index (χ0v) is 12.2. The molecule has 2 nitrogen and oxygen atoms in total. The van der Waals surface area contributed by atoms with Crippen LogP contribution in [0.2, 0.25) is 0 Å². The third-order valence-corrected chi connectivity index (χ3v) is 3.78. The van der Waals surface area contributed by atoms with E-state index in [1.807, 2.05) is 0 Å². The van der Waals surface area contributed by atoms with Crippen LogP contribution in [0.3, 0.4) is 0 Å². The van der Waals surface area contributed by atoms with Crippen LogP contribution in [0.1, 0.15) is 46.0 Å². The minimum absolute atomic E-state index is 0.479. The van der Waals surface area contributed by atoms with Crippen molar-refractivity contribution in [3.63, 3.8) is 0 Å². The number of likely N-dealkylation sites (tertiary alicyclic amines) is 1. The van der Waals surface area contributed by atoms with Crippen molar-refractivity contribution >= 4 is 11.6 Å². The van der Waals surface area contributed by atoms with Gasteiger partial charge >= 0.3 is 0 Å². The van der Waals surface area contributed by atoms with Crippen molar-refractivity contribution in [1.82, 2.24) is 4.90 Å². The summed E-state index contributed by atoms with van der Waals surface area (Å²) in [5.74, 6) is 1.55. The maximum atomic E-state index is 5.85. The number of hydrogen-bond acceptors (Lipinski definition) is 2. The zero-order chi connectivity index (χ0) is 12.5. The van der Waals surface area contributed by atoms with Crippen LogP contribution >= 0.6 is 11.6 Å². The number of hydrogen-bond donors (Lipinski definition) is 0. The molecule has 0 saturated carbocycles. The van der Waals surface area contributed by atoms with Crippen molar-refractivity contribution in [2.45, 2.75) is 52.1 Å². The largest absolute Gasteiger partial charge is 0.377 e. The number of nitrogens with zero attached hydrogens (tertiary/aromatic N) is 1. The van der Waals surface area contributed by atoms with E-state index >= 15 is 0 Å². The van der Waals surface area contributed by atoms with Gasteiger partial charge in [-0.15, -0.1) is 11.6 Å². The molecular formula is C14H28ClNO. The lowest BCUT2D eigenvalue weighted by Crippen LogP contribution is -2.40. The molecule has 0 aliphatic carbocycles. The van der Waals surface area contributed by atoms with E-state index in [1.54, 1.807) is 0 Å². The molecule has 17 heavy (non-hydrogen) atoms. The molecule has 1 fully saturated rings. The summed E-state index contributed by atoms with van der Waals surface area (Å²) < 4.78 is 5.85. The molecule has 0 radical (unpaired) electrons. The molecule has 102 valence electrons. The number of ether oxygens (including phenoxy) is 1. The van der Waals surface area contributed by atoms with Crippen molar-refractivity contribution < 1.29 is 4.74 Å². The molecule has 0 amide bonds. The quantitative estimate of drug-likeness (QED) is 0.620. The summed E-state index contributed by atoms with van der Waals surface area (Å²) >= 11 is 5.76. The van der Waals surface area contributed by atoms with Gasteiger partial charge in [-0.1, -0.05) is 13.8 Å². The van der Waals surface area contributed by atoms with Gasteiger partial charge in [-0.3, -0.25) is 0 Å². The second kappa shape index (κ2) is 9.18. The van der Waals surface area contributed by atoms with Crippen LogP contribution in [-0.4, -0.2) is 43.1 Å². The van der Waals surface area contributed by atoms with Crippen LogP contribution in [0, 0.1) is 5.92 Å². The Morgan fingerprint density at radius 2 is 2.24 bits per heavy atom. The topological polar surface area (TPSA) is 12.5 Å². The Morgan fingerprint density at radius 1 is 1.41 bits per heavy atom. The van der Waals surface area contributed by atoms with E-state index in [4.69, 9.17) is 16.3 Å². The molecule has 0 aromatic heterocycles. The van der Waals surface area contributed by atoms with Crippen molar-refractivity contribution in [3.05, 3.63) is 0 Å². The summed E-state index contributed by atoms with van der Waals surface area (Å²) in [7, 11) is 0. The van der Waals surface area contributed by atoms with E-state index in [9.17, 15) is 0 Å². The molecule has 0 aromatic rings. The molecule has 0 N–H and O–H groups in total. The molecule has 1 aliphatic rings. The highest BCUT2D eigenvalue weighted by Gasteiger charge is 2.20. The van der Waals surface area contributed by atoms with Crippen LogP contribution in [0.5, 0.6) is 0 Å². The van der Waals surface area contributed by atoms with Gasteiger partial charge in [0.25, 0.3) is 0 Å². The summed E-state index contributed by atoms with van der Waals surface area (Å²) in [5, 5.41) is 0. The predicted molar refractivity (Wildman–Crippen MR) is 74.8 cm³/mol. The van der Waals surface area contributed by atoms with Gasteiger partial charge in [0, 0.05) is 19.0 Å². The fourth-order valence-electron chi connectivity index (χ4n) is 2.37. The lowest BCUT2D eigenvalue weighted by Gasteiger charge is -2.33. The SMILES string of the molecule is CCCOC1CCCN(CCC(C)CCCl)C1. The predicted octanol–water partition coefficient (Wildman–Crippen LogP) is 3.53. The Balaban J connectivity index is 2.15. The van der Waals surface area contributed by atoms with E-state index in [1.165, 1.54) is 32.4 Å². The summed E-state index contributed by atoms with van der Waals surface area (Å²) in [4.78, 5) is 2.56. The van der Waals surface area contributed by atoms with E-state index in [0.29, 0.717) is 6.10 Å². The maximum absolute atomic E-state index is 5.85. The van der Waals surface area contributed by atoms with Crippen LogP contribution < -0.4 is 0 Å². The fraction of sp³-hybridized carbons (Fsp3) is 1.00. The Bertz CT molecular complexity index is 189. The van der Waals surface area contributed by atoms with Crippen LogP contribution in [0.4, 0.5) is 0 Å². The lowest BCUT2D eigenvalue weighted by molar-refractivity contribution is -0.00112. The van der Waals surface area contributed by atoms with Crippen molar-refractivity contribution in [3.8, 4) is 0 Å². The van der Waals surface area contributed by atoms with Crippen molar-refractivity contribution in [1.29, 1.82) is 0 Å².